The summed E-state index contributed by atoms with van der Waals surface area (Å²) < 4.78 is 0. The van der Waals surface area contributed by atoms with E-state index >= 15 is 0 Å². The van der Waals surface area contributed by atoms with Crippen LogP contribution in [0.4, 0.5) is 5.69 Å². The van der Waals surface area contributed by atoms with Gasteiger partial charge in [-0.1, -0.05) is 30.3 Å². The normalized spacial score (nSPS) is 20.0. The lowest BCUT2D eigenvalue weighted by Gasteiger charge is -2.29. The van der Waals surface area contributed by atoms with Crippen molar-refractivity contribution in [1.29, 1.82) is 0 Å². The fourth-order valence-electron chi connectivity index (χ4n) is 3.50. The molecular weight excluding hydrogens is 304 g/mol. The number of amidine groups is 1. The van der Waals surface area contributed by atoms with Gasteiger partial charge < -0.3 is 0 Å². The van der Waals surface area contributed by atoms with Gasteiger partial charge in [0.1, 0.15) is 12.0 Å². The summed E-state index contributed by atoms with van der Waals surface area (Å²) in [5.74, 6) is 0.519. The largest absolute Gasteiger partial charge is 0.292 e. The first-order valence-electron chi connectivity index (χ1n) is 7.64. The molecule has 0 bridgehead atoms. The molecule has 0 spiro atoms. The third kappa shape index (κ3) is 1.49. The summed E-state index contributed by atoms with van der Waals surface area (Å²) in [6, 6.07) is 10.5. The molecule has 0 amide bonds. The molecule has 1 atom stereocenters. The van der Waals surface area contributed by atoms with E-state index in [4.69, 9.17) is 0 Å². The van der Waals surface area contributed by atoms with Crippen LogP contribution < -0.4 is 5.43 Å². The molecule has 1 N–H and O–H groups in total. The van der Waals surface area contributed by atoms with Gasteiger partial charge in [-0.2, -0.15) is 5.10 Å². The highest BCUT2D eigenvalue weighted by Gasteiger charge is 2.37. The second-order valence-corrected chi connectivity index (χ2v) is 5.97. The monoisotopic (exact) mass is 316 g/mol. The number of ketones is 2. The number of carbonyl (C=O) groups excluding carboxylic acids is 2. The molecule has 1 aliphatic carbocycles. The van der Waals surface area contributed by atoms with Crippen molar-refractivity contribution in [2.75, 3.05) is 0 Å². The van der Waals surface area contributed by atoms with Crippen molar-refractivity contribution in [3.63, 3.8) is 0 Å². The van der Waals surface area contributed by atoms with Gasteiger partial charge in [-0.3, -0.25) is 19.9 Å². The quantitative estimate of drug-likeness (QED) is 0.691. The number of aliphatic imine (C=N–C) groups is 1. The second kappa shape index (κ2) is 4.38. The molecular formula is C18H12N4O2. The Morgan fingerprint density at radius 3 is 2.54 bits per heavy atom. The molecule has 2 aromatic rings. The van der Waals surface area contributed by atoms with E-state index in [1.807, 2.05) is 17.9 Å². The first kappa shape index (κ1) is 13.2. The van der Waals surface area contributed by atoms with Crippen molar-refractivity contribution < 1.29 is 9.59 Å². The molecule has 2 heterocycles. The summed E-state index contributed by atoms with van der Waals surface area (Å²) in [6.45, 7) is 1.88. The number of benzene rings is 2. The van der Waals surface area contributed by atoms with Crippen LogP contribution in [-0.2, 0) is 0 Å². The van der Waals surface area contributed by atoms with Crippen molar-refractivity contribution in [3.05, 3.63) is 64.2 Å². The standard InChI is InChI=1S/C18H12N4O2/c1-9-20-21-18-13-7-6-12-14(15(13)19-8-22(9)18)17(24)11-5-3-2-4-10(11)16(12)23/h2-8,18,21H,1H3. The predicted molar refractivity (Wildman–Crippen MR) is 88.7 cm³/mol. The van der Waals surface area contributed by atoms with E-state index in [0.717, 1.165) is 11.4 Å². The predicted octanol–water partition coefficient (Wildman–Crippen LogP) is 2.37. The zero-order valence-corrected chi connectivity index (χ0v) is 12.8. The molecule has 0 aromatic heterocycles. The van der Waals surface area contributed by atoms with Crippen LogP contribution in [0.5, 0.6) is 0 Å². The highest BCUT2D eigenvalue weighted by molar-refractivity contribution is 6.30. The van der Waals surface area contributed by atoms with Crippen molar-refractivity contribution >= 4 is 29.4 Å². The SMILES string of the molecule is CC1=NNC2c3ccc4c(c3N=CN12)C(=O)c1ccccc1C4=O. The van der Waals surface area contributed by atoms with Gasteiger partial charge in [0, 0.05) is 22.3 Å². The Labute approximate surface area is 137 Å². The Morgan fingerprint density at radius 1 is 1.00 bits per heavy atom. The topological polar surface area (TPSA) is 74.1 Å². The first-order chi connectivity index (χ1) is 11.7. The Morgan fingerprint density at radius 2 is 1.75 bits per heavy atom. The zero-order chi connectivity index (χ0) is 16.4. The fourth-order valence-corrected chi connectivity index (χ4v) is 3.50. The summed E-state index contributed by atoms with van der Waals surface area (Å²) in [5.41, 5.74) is 6.14. The Hall–Kier alpha value is -3.28. The number of nitrogens with zero attached hydrogens (tertiary/aromatic N) is 3. The number of hydrazone groups is 1. The van der Waals surface area contributed by atoms with Crippen LogP contribution in [0.25, 0.3) is 0 Å². The molecule has 2 aliphatic heterocycles. The molecule has 0 saturated carbocycles. The highest BCUT2D eigenvalue weighted by Crippen LogP contribution is 2.41. The molecule has 1 unspecified atom stereocenters. The van der Waals surface area contributed by atoms with Crippen LogP contribution in [0.3, 0.4) is 0 Å². The molecule has 24 heavy (non-hydrogen) atoms. The van der Waals surface area contributed by atoms with Gasteiger partial charge in [-0.15, -0.1) is 0 Å². The maximum Gasteiger partial charge on any atom is 0.196 e. The minimum atomic E-state index is -0.192. The summed E-state index contributed by atoms with van der Waals surface area (Å²) >= 11 is 0. The Balaban J connectivity index is 1.75. The van der Waals surface area contributed by atoms with E-state index < -0.39 is 0 Å². The van der Waals surface area contributed by atoms with Crippen molar-refractivity contribution in [1.82, 2.24) is 10.3 Å². The number of hydrogen-bond donors (Lipinski definition) is 1. The summed E-state index contributed by atoms with van der Waals surface area (Å²) in [5, 5.41) is 4.21. The van der Waals surface area contributed by atoms with Crippen LogP contribution in [-0.4, -0.2) is 28.6 Å². The molecule has 6 nitrogen and oxygen atoms in total. The van der Waals surface area contributed by atoms with Gasteiger partial charge in [0.15, 0.2) is 11.6 Å². The third-order valence-corrected chi connectivity index (χ3v) is 4.70. The van der Waals surface area contributed by atoms with Gasteiger partial charge in [0.2, 0.25) is 0 Å². The summed E-state index contributed by atoms with van der Waals surface area (Å²) in [7, 11) is 0. The second-order valence-electron chi connectivity index (χ2n) is 5.97. The third-order valence-electron chi connectivity index (χ3n) is 4.70. The van der Waals surface area contributed by atoms with Crippen molar-refractivity contribution in [3.8, 4) is 0 Å². The van der Waals surface area contributed by atoms with Gasteiger partial charge >= 0.3 is 0 Å². The zero-order valence-electron chi connectivity index (χ0n) is 12.8. The fraction of sp³-hybridized carbons (Fsp3) is 0.111. The Kier molecular flexibility index (Phi) is 2.41. The van der Waals surface area contributed by atoms with Crippen LogP contribution in [0.1, 0.15) is 50.5 Å². The average Bonchev–Trinajstić information content (AvgIpc) is 3.00. The smallest absolute Gasteiger partial charge is 0.196 e. The van der Waals surface area contributed by atoms with Crippen molar-refractivity contribution in [2.24, 2.45) is 10.1 Å². The van der Waals surface area contributed by atoms with E-state index in [2.05, 4.69) is 15.5 Å². The van der Waals surface area contributed by atoms with Gasteiger partial charge in [0.05, 0.1) is 17.6 Å². The highest BCUT2D eigenvalue weighted by atomic mass is 16.1. The van der Waals surface area contributed by atoms with E-state index in [9.17, 15) is 9.59 Å². The number of rotatable bonds is 0. The molecule has 6 heteroatoms. The number of hydrogen-bond acceptors (Lipinski definition) is 6. The van der Waals surface area contributed by atoms with E-state index in [1.165, 1.54) is 0 Å². The van der Waals surface area contributed by atoms with E-state index in [1.54, 1.807) is 36.7 Å². The lowest BCUT2D eigenvalue weighted by atomic mass is 9.81. The van der Waals surface area contributed by atoms with E-state index in [0.29, 0.717) is 27.9 Å². The summed E-state index contributed by atoms with van der Waals surface area (Å²) in [6.07, 6.45) is 1.47. The lowest BCUT2D eigenvalue weighted by molar-refractivity contribution is 0.0979. The number of nitrogens with one attached hydrogen (secondary N) is 1. The minimum absolute atomic E-state index is 0.132. The van der Waals surface area contributed by atoms with Crippen LogP contribution in [0, 0.1) is 0 Å². The molecule has 2 aromatic carbocycles. The molecule has 5 rings (SSSR count). The summed E-state index contributed by atoms with van der Waals surface area (Å²) in [4.78, 5) is 32.1. The van der Waals surface area contributed by atoms with Crippen molar-refractivity contribution in [2.45, 2.75) is 13.1 Å². The number of fused-ring (bicyclic) bond motifs is 6. The molecule has 0 saturated heterocycles. The maximum absolute atomic E-state index is 13.0. The van der Waals surface area contributed by atoms with Crippen LogP contribution in [0.15, 0.2) is 46.5 Å². The van der Waals surface area contributed by atoms with Crippen LogP contribution >= 0.6 is 0 Å². The van der Waals surface area contributed by atoms with Crippen LogP contribution in [0.2, 0.25) is 0 Å². The molecule has 3 aliphatic rings. The Bertz CT molecular complexity index is 1010. The molecule has 0 fully saturated rings. The lowest BCUT2D eigenvalue weighted by Crippen LogP contribution is -2.34. The van der Waals surface area contributed by atoms with Gasteiger partial charge in [-0.05, 0) is 13.0 Å². The molecule has 116 valence electrons. The molecule has 0 radical (unpaired) electrons. The average molecular weight is 316 g/mol. The van der Waals surface area contributed by atoms with E-state index in [-0.39, 0.29) is 17.7 Å². The van der Waals surface area contributed by atoms with Gasteiger partial charge in [-0.25, -0.2) is 4.99 Å². The minimum Gasteiger partial charge on any atom is -0.292 e. The maximum atomic E-state index is 13.0. The number of carbonyl (C=O) groups is 2. The van der Waals surface area contributed by atoms with Gasteiger partial charge in [0.25, 0.3) is 0 Å². The first-order valence-corrected chi connectivity index (χ1v) is 7.64.